The molecule has 0 amide bonds. The van der Waals surface area contributed by atoms with E-state index in [1.54, 1.807) is 0 Å². The lowest BCUT2D eigenvalue weighted by atomic mass is 9.87. The molecule has 5 aliphatic rings. The van der Waals surface area contributed by atoms with E-state index < -0.39 is 0 Å². The molecule has 4 aliphatic heterocycles. The second-order valence-corrected chi connectivity index (χ2v) is 9.76. The van der Waals surface area contributed by atoms with E-state index in [-0.39, 0.29) is 0 Å². The van der Waals surface area contributed by atoms with E-state index in [2.05, 4.69) is 38.7 Å². The Morgan fingerprint density at radius 3 is 2.60 bits per heavy atom. The van der Waals surface area contributed by atoms with Crippen molar-refractivity contribution in [2.24, 2.45) is 4.99 Å². The van der Waals surface area contributed by atoms with Crippen LogP contribution in [0.25, 0.3) is 0 Å². The van der Waals surface area contributed by atoms with Crippen LogP contribution in [0.5, 0.6) is 0 Å². The molecule has 0 aromatic heterocycles. The van der Waals surface area contributed by atoms with E-state index in [1.165, 1.54) is 83.1 Å². The summed E-state index contributed by atoms with van der Waals surface area (Å²) in [4.78, 5) is 13.0. The third-order valence-corrected chi connectivity index (χ3v) is 8.03. The minimum atomic E-state index is 0.506. The first-order chi connectivity index (χ1) is 12.3. The molecule has 4 heterocycles. The molecule has 1 N–H and O–H groups in total. The van der Waals surface area contributed by atoms with Gasteiger partial charge in [0.05, 0.1) is 6.54 Å². The molecule has 5 fully saturated rings. The van der Waals surface area contributed by atoms with Gasteiger partial charge in [0.25, 0.3) is 0 Å². The number of nitrogens with one attached hydrogen (secondary N) is 1. The van der Waals surface area contributed by atoms with Crippen molar-refractivity contribution in [1.82, 2.24) is 20.0 Å². The summed E-state index contributed by atoms with van der Waals surface area (Å²) in [5.74, 6) is 2.43. The summed E-state index contributed by atoms with van der Waals surface area (Å²) in [5, 5.41) is 3.59. The van der Waals surface area contributed by atoms with Crippen LogP contribution in [0, 0.1) is 0 Å². The van der Waals surface area contributed by atoms with Gasteiger partial charge in [-0.3, -0.25) is 14.8 Å². The third-order valence-electron chi connectivity index (χ3n) is 6.49. The molecule has 5 rings (SSSR count). The first-order valence-corrected chi connectivity index (χ1v) is 11.4. The van der Waals surface area contributed by atoms with Crippen molar-refractivity contribution in [2.75, 3.05) is 64.7 Å². The molecule has 0 aromatic carbocycles. The summed E-state index contributed by atoms with van der Waals surface area (Å²) in [6.07, 6.45) is 7.07. The van der Waals surface area contributed by atoms with Gasteiger partial charge in [0.2, 0.25) is 0 Å². The molecule has 25 heavy (non-hydrogen) atoms. The number of aliphatic imine (C=N–C) groups is 1. The molecule has 1 spiro atoms. The number of piperazine rings is 3. The lowest BCUT2D eigenvalue weighted by molar-refractivity contribution is 0.0173. The van der Waals surface area contributed by atoms with Gasteiger partial charge in [0.1, 0.15) is 0 Å². The van der Waals surface area contributed by atoms with E-state index in [0.29, 0.717) is 10.8 Å². The van der Waals surface area contributed by atoms with Crippen LogP contribution in [0.3, 0.4) is 0 Å². The van der Waals surface area contributed by atoms with E-state index >= 15 is 0 Å². The quantitative estimate of drug-likeness (QED) is 0.608. The molecular weight excluding hydrogens is 330 g/mol. The number of guanidine groups is 1. The monoisotopic (exact) mass is 365 g/mol. The molecule has 1 atom stereocenters. The molecular formula is C19H35N5S. The highest BCUT2D eigenvalue weighted by molar-refractivity contribution is 8.00. The second kappa shape index (κ2) is 8.05. The molecule has 5 nitrogen and oxygen atoms in total. The zero-order valence-electron chi connectivity index (χ0n) is 15.9. The molecule has 142 valence electrons. The van der Waals surface area contributed by atoms with E-state index in [1.807, 2.05) is 0 Å². The first-order valence-electron chi connectivity index (χ1n) is 10.4. The van der Waals surface area contributed by atoms with Crippen LogP contribution in [0.4, 0.5) is 0 Å². The Hall–Kier alpha value is -0.460. The number of rotatable bonds is 3. The molecule has 0 radical (unpaired) electrons. The van der Waals surface area contributed by atoms with Crippen molar-refractivity contribution >= 4 is 17.7 Å². The van der Waals surface area contributed by atoms with Gasteiger partial charge in [-0.1, -0.05) is 19.3 Å². The highest BCUT2D eigenvalue weighted by Gasteiger charge is 2.38. The highest BCUT2D eigenvalue weighted by atomic mass is 32.2. The average molecular weight is 366 g/mol. The predicted molar refractivity (Wildman–Crippen MR) is 108 cm³/mol. The SMILES string of the molecule is CCNC(=NCC1CN2CCN1CC2)N1CCSC2(CCCCC2)C1. The zero-order chi connectivity index (χ0) is 17.1. The lowest BCUT2D eigenvalue weighted by Crippen LogP contribution is -2.62. The summed E-state index contributed by atoms with van der Waals surface area (Å²) >= 11 is 2.24. The highest BCUT2D eigenvalue weighted by Crippen LogP contribution is 2.42. The largest absolute Gasteiger partial charge is 0.357 e. The molecule has 1 aliphatic carbocycles. The van der Waals surface area contributed by atoms with Crippen LogP contribution >= 0.6 is 11.8 Å². The summed E-state index contributed by atoms with van der Waals surface area (Å²) in [7, 11) is 0. The zero-order valence-corrected chi connectivity index (χ0v) is 16.7. The van der Waals surface area contributed by atoms with Gasteiger partial charge in [0, 0.05) is 68.9 Å². The smallest absolute Gasteiger partial charge is 0.194 e. The first kappa shape index (κ1) is 17.9. The maximum Gasteiger partial charge on any atom is 0.194 e. The van der Waals surface area contributed by atoms with Crippen molar-refractivity contribution in [1.29, 1.82) is 0 Å². The van der Waals surface area contributed by atoms with Crippen LogP contribution in [0.1, 0.15) is 39.0 Å². The number of fused-ring (bicyclic) bond motifs is 3. The fraction of sp³-hybridized carbons (Fsp3) is 0.947. The van der Waals surface area contributed by atoms with Gasteiger partial charge < -0.3 is 10.2 Å². The van der Waals surface area contributed by atoms with Gasteiger partial charge in [-0.15, -0.1) is 0 Å². The summed E-state index contributed by atoms with van der Waals surface area (Å²) in [5.41, 5.74) is 0. The Morgan fingerprint density at radius 1 is 1.12 bits per heavy atom. The van der Waals surface area contributed by atoms with Crippen LogP contribution in [-0.2, 0) is 0 Å². The van der Waals surface area contributed by atoms with Gasteiger partial charge in [-0.05, 0) is 19.8 Å². The van der Waals surface area contributed by atoms with E-state index in [4.69, 9.17) is 4.99 Å². The Bertz CT molecular complexity index is 463. The summed E-state index contributed by atoms with van der Waals surface area (Å²) in [6, 6.07) is 0.624. The fourth-order valence-corrected chi connectivity index (χ4v) is 6.61. The Kier molecular flexibility index (Phi) is 5.77. The molecule has 1 unspecified atom stereocenters. The van der Waals surface area contributed by atoms with Gasteiger partial charge in [-0.25, -0.2) is 0 Å². The Morgan fingerprint density at radius 2 is 1.92 bits per heavy atom. The standard InChI is InChI=1S/C19H35N5S/c1-2-20-18(21-14-17-15-22-8-10-23(17)11-9-22)24-12-13-25-19(16-24)6-4-3-5-7-19/h17H,2-16H2,1H3,(H,20,21). The van der Waals surface area contributed by atoms with E-state index in [0.717, 1.165) is 19.6 Å². The average Bonchev–Trinajstić information content (AvgIpc) is 2.67. The number of thioether (sulfide) groups is 1. The Labute approximate surface area is 157 Å². The van der Waals surface area contributed by atoms with Gasteiger partial charge >= 0.3 is 0 Å². The molecule has 0 aromatic rings. The summed E-state index contributed by atoms with van der Waals surface area (Å²) in [6.45, 7) is 12.7. The number of hydrogen-bond acceptors (Lipinski definition) is 4. The van der Waals surface area contributed by atoms with Gasteiger partial charge in [0.15, 0.2) is 5.96 Å². The maximum absolute atomic E-state index is 5.11. The Balaban J connectivity index is 1.41. The van der Waals surface area contributed by atoms with Crippen LogP contribution < -0.4 is 5.32 Å². The van der Waals surface area contributed by atoms with Crippen molar-refractivity contribution in [3.8, 4) is 0 Å². The number of nitrogens with zero attached hydrogens (tertiary/aromatic N) is 4. The van der Waals surface area contributed by atoms with Crippen molar-refractivity contribution in [3.05, 3.63) is 0 Å². The lowest BCUT2D eigenvalue weighted by Gasteiger charge is -2.47. The van der Waals surface area contributed by atoms with Crippen molar-refractivity contribution < 1.29 is 0 Å². The van der Waals surface area contributed by atoms with E-state index in [9.17, 15) is 0 Å². The second-order valence-electron chi connectivity index (χ2n) is 8.20. The predicted octanol–water partition coefficient (Wildman–Crippen LogP) is 1.70. The molecule has 2 bridgehead atoms. The fourth-order valence-electron chi connectivity index (χ4n) is 5.04. The van der Waals surface area contributed by atoms with Crippen LogP contribution in [-0.4, -0.2) is 96.1 Å². The minimum absolute atomic E-state index is 0.506. The topological polar surface area (TPSA) is 34.1 Å². The maximum atomic E-state index is 5.11. The third kappa shape index (κ3) is 4.11. The van der Waals surface area contributed by atoms with Gasteiger partial charge in [-0.2, -0.15) is 11.8 Å². The van der Waals surface area contributed by atoms with Crippen molar-refractivity contribution in [3.63, 3.8) is 0 Å². The normalized spacial score (nSPS) is 35.2. The van der Waals surface area contributed by atoms with Crippen LogP contribution in [0.2, 0.25) is 0 Å². The molecule has 1 saturated carbocycles. The van der Waals surface area contributed by atoms with Crippen molar-refractivity contribution in [2.45, 2.75) is 49.8 Å². The number of hydrogen-bond donors (Lipinski definition) is 1. The van der Waals surface area contributed by atoms with Crippen LogP contribution in [0.15, 0.2) is 4.99 Å². The molecule has 4 saturated heterocycles. The summed E-state index contributed by atoms with van der Waals surface area (Å²) < 4.78 is 0.506. The minimum Gasteiger partial charge on any atom is -0.357 e. The molecule has 6 heteroatoms.